The molecule has 104 valence electrons. The molecule has 0 spiro atoms. The predicted molar refractivity (Wildman–Crippen MR) is 69.2 cm³/mol. The Hall–Kier alpha value is 0.0482. The summed E-state index contributed by atoms with van der Waals surface area (Å²) < 4.78 is 12.1. The van der Waals surface area contributed by atoms with E-state index in [0.29, 0.717) is 0 Å². The molecule has 0 aromatic carbocycles. The van der Waals surface area contributed by atoms with Crippen LogP contribution >= 0.6 is 25.3 Å². The summed E-state index contributed by atoms with van der Waals surface area (Å²) >= 11 is 7.30. The van der Waals surface area contributed by atoms with E-state index in [1.807, 2.05) is 0 Å². The maximum atomic E-state index is 11.6. The summed E-state index contributed by atoms with van der Waals surface area (Å²) in [5, 5.41) is 8.63. The second kappa shape index (κ2) is 9.03. The third-order valence-corrected chi connectivity index (χ3v) is 3.42. The molecule has 0 amide bonds. The SMILES string of the molecule is O=C(CS)OC(=O)[C]([SbH2])(OCCO)OC(=O)CS. The number of aliphatic hydroxyl groups is 1. The first kappa shape index (κ1) is 18.0. The van der Waals surface area contributed by atoms with Crippen LogP contribution in [-0.4, -0.2) is 74.5 Å². The molecule has 0 aromatic heterocycles. The van der Waals surface area contributed by atoms with E-state index in [1.165, 1.54) is 0 Å². The average molecular weight is 407 g/mol. The molecule has 10 heteroatoms. The Morgan fingerprint density at radius 3 is 2.17 bits per heavy atom. The molecule has 0 aliphatic carbocycles. The first-order chi connectivity index (χ1) is 8.39. The van der Waals surface area contributed by atoms with Gasteiger partial charge >= 0.3 is 128 Å². The predicted octanol–water partition coefficient (Wildman–Crippen LogP) is -2.25. The molecule has 1 unspecified atom stereocenters. The normalized spacial score (nSPS) is 13.6. The molecule has 1 N–H and O–H groups in total. The Kier molecular flexibility index (Phi) is 9.06. The van der Waals surface area contributed by atoms with Crippen LogP contribution in [0.2, 0.25) is 0 Å². The van der Waals surface area contributed by atoms with Crippen molar-refractivity contribution in [2.45, 2.75) is 3.73 Å². The van der Waals surface area contributed by atoms with Gasteiger partial charge in [0.1, 0.15) is 0 Å². The maximum absolute atomic E-state index is 11.6. The van der Waals surface area contributed by atoms with Gasteiger partial charge in [-0.2, -0.15) is 0 Å². The number of esters is 3. The molecule has 0 aliphatic rings. The second-order valence-electron chi connectivity index (χ2n) is 2.79. The fourth-order valence-electron chi connectivity index (χ4n) is 0.736. The first-order valence-electron chi connectivity index (χ1n) is 4.62. The van der Waals surface area contributed by atoms with E-state index in [1.54, 1.807) is 0 Å². The van der Waals surface area contributed by atoms with Gasteiger partial charge in [-0.25, -0.2) is 0 Å². The molecule has 0 saturated heterocycles. The summed E-state index contributed by atoms with van der Waals surface area (Å²) in [5.74, 6) is -3.41. The first-order valence-corrected chi connectivity index (χ1v) is 7.53. The summed E-state index contributed by atoms with van der Waals surface area (Å²) in [7, 11) is 0. The molecule has 0 aliphatic heterocycles. The van der Waals surface area contributed by atoms with Gasteiger partial charge in [0.15, 0.2) is 0 Å². The van der Waals surface area contributed by atoms with Crippen LogP contribution in [0.15, 0.2) is 0 Å². The minimum absolute atomic E-state index is 0.00956. The number of thiol groups is 2. The molecule has 0 fully saturated rings. The quantitative estimate of drug-likeness (QED) is 0.144. The standard InChI is InChI=1S/C8H11O7S2.Sb.2H/c9-1-2-13-8(15-6(11)4-17)7(12)14-5(10)3-16;;;/h9,16-17H,1-4H2;;;. The van der Waals surface area contributed by atoms with Crippen LogP contribution in [0.3, 0.4) is 0 Å². The van der Waals surface area contributed by atoms with Crippen LogP contribution in [0, 0.1) is 0 Å². The zero-order valence-electron chi connectivity index (χ0n) is 9.20. The number of hydrogen-bond donors (Lipinski definition) is 3. The molecule has 7 nitrogen and oxygen atoms in total. The van der Waals surface area contributed by atoms with Crippen molar-refractivity contribution in [1.29, 1.82) is 0 Å². The molecule has 0 saturated carbocycles. The van der Waals surface area contributed by atoms with Crippen LogP contribution < -0.4 is 0 Å². The molecule has 0 heterocycles. The van der Waals surface area contributed by atoms with Crippen molar-refractivity contribution in [1.82, 2.24) is 0 Å². The van der Waals surface area contributed by atoms with Crippen molar-refractivity contribution >= 4 is 66.2 Å². The van der Waals surface area contributed by atoms with Gasteiger partial charge in [-0.05, 0) is 0 Å². The topological polar surface area (TPSA) is 99.1 Å². The van der Waals surface area contributed by atoms with E-state index < -0.39 is 21.6 Å². The number of hydrogen-bond acceptors (Lipinski definition) is 9. The Morgan fingerprint density at radius 1 is 1.17 bits per heavy atom. The zero-order valence-corrected chi connectivity index (χ0v) is 14.3. The molecule has 0 radical (unpaired) electrons. The van der Waals surface area contributed by atoms with E-state index >= 15 is 0 Å². The van der Waals surface area contributed by atoms with Gasteiger partial charge < -0.3 is 0 Å². The summed E-state index contributed by atoms with van der Waals surface area (Å²) in [6.07, 6.45) is 0. The van der Waals surface area contributed by atoms with Crippen molar-refractivity contribution in [3.05, 3.63) is 0 Å². The van der Waals surface area contributed by atoms with Gasteiger partial charge in [-0.15, -0.1) is 0 Å². The van der Waals surface area contributed by atoms with Crippen molar-refractivity contribution in [2.24, 2.45) is 0 Å². The Balaban J connectivity index is 4.77. The van der Waals surface area contributed by atoms with Crippen molar-refractivity contribution in [3.8, 4) is 0 Å². The van der Waals surface area contributed by atoms with Crippen LogP contribution in [0.4, 0.5) is 0 Å². The van der Waals surface area contributed by atoms with Crippen LogP contribution in [0.5, 0.6) is 0 Å². The van der Waals surface area contributed by atoms with Crippen LogP contribution in [0.25, 0.3) is 0 Å². The van der Waals surface area contributed by atoms with E-state index in [9.17, 15) is 14.4 Å². The van der Waals surface area contributed by atoms with Crippen molar-refractivity contribution < 1.29 is 33.7 Å². The summed E-state index contributed by atoms with van der Waals surface area (Å²) in [6.45, 7) is -0.625. The summed E-state index contributed by atoms with van der Waals surface area (Å²) in [4.78, 5) is 33.7. The van der Waals surface area contributed by atoms with Gasteiger partial charge in [0, 0.05) is 0 Å². The minimum atomic E-state index is -1.98. The van der Waals surface area contributed by atoms with Gasteiger partial charge in [0.05, 0.1) is 0 Å². The monoisotopic (exact) mass is 406 g/mol. The van der Waals surface area contributed by atoms with Gasteiger partial charge in [-0.1, -0.05) is 0 Å². The van der Waals surface area contributed by atoms with E-state index in [0.717, 1.165) is 0 Å². The number of ether oxygens (including phenoxy) is 3. The third-order valence-electron chi connectivity index (χ3n) is 1.42. The molecule has 1 atom stereocenters. The van der Waals surface area contributed by atoms with Gasteiger partial charge in [0.25, 0.3) is 0 Å². The fourth-order valence-corrected chi connectivity index (χ4v) is 1.74. The van der Waals surface area contributed by atoms with Gasteiger partial charge in [0.2, 0.25) is 0 Å². The number of carbonyl (C=O) groups is 3. The average Bonchev–Trinajstić information content (AvgIpc) is 2.35. The Morgan fingerprint density at radius 2 is 1.72 bits per heavy atom. The zero-order chi connectivity index (χ0) is 14.2. The van der Waals surface area contributed by atoms with Crippen molar-refractivity contribution in [2.75, 3.05) is 24.7 Å². The molecule has 0 aromatic rings. The van der Waals surface area contributed by atoms with Crippen LogP contribution in [0.1, 0.15) is 0 Å². The van der Waals surface area contributed by atoms with E-state index in [4.69, 9.17) is 14.6 Å². The summed E-state index contributed by atoms with van der Waals surface area (Å²) in [6, 6.07) is 0. The van der Waals surface area contributed by atoms with E-state index in [2.05, 4.69) is 30.0 Å². The fraction of sp³-hybridized carbons (Fsp3) is 0.625. The third kappa shape index (κ3) is 6.28. The van der Waals surface area contributed by atoms with Crippen molar-refractivity contribution in [3.63, 3.8) is 0 Å². The number of rotatable bonds is 7. The van der Waals surface area contributed by atoms with Crippen LogP contribution in [-0.2, 0) is 28.6 Å². The molecule has 18 heavy (non-hydrogen) atoms. The molecule has 0 bridgehead atoms. The molecular formula is C8H13O7S2Sb. The second-order valence-corrected chi connectivity index (χ2v) is 5.59. The molecule has 0 rings (SSSR count). The Labute approximate surface area is 128 Å². The van der Waals surface area contributed by atoms with E-state index in [-0.39, 0.29) is 47.7 Å². The molecular weight excluding hydrogens is 394 g/mol. The summed E-state index contributed by atoms with van der Waals surface area (Å²) in [5.41, 5.74) is 0. The number of aliphatic hydroxyl groups excluding tert-OH is 1. The Bertz CT molecular complexity index is 325. The number of carbonyl (C=O) groups excluding carboxylic acids is 3. The van der Waals surface area contributed by atoms with Gasteiger partial charge in [-0.3, -0.25) is 0 Å².